The van der Waals surface area contributed by atoms with E-state index in [0.717, 1.165) is 31.8 Å². The van der Waals surface area contributed by atoms with Crippen molar-refractivity contribution in [2.45, 2.75) is 56.9 Å². The molecule has 2 saturated heterocycles. The second-order valence-corrected chi connectivity index (χ2v) is 8.04. The first-order chi connectivity index (χ1) is 15.7. The molecule has 0 amide bonds. The normalized spacial score (nSPS) is 22.5. The third-order valence-corrected chi connectivity index (χ3v) is 5.61. The van der Waals surface area contributed by atoms with Crippen molar-refractivity contribution >= 4 is 23.3 Å². The van der Waals surface area contributed by atoms with Gasteiger partial charge in [0, 0.05) is 30.6 Å². The summed E-state index contributed by atoms with van der Waals surface area (Å²) in [5.74, 6) is -5.51. The van der Waals surface area contributed by atoms with Crippen molar-refractivity contribution in [2.24, 2.45) is 0 Å². The molecule has 1 aromatic heterocycles. The van der Waals surface area contributed by atoms with Gasteiger partial charge >= 0.3 is 24.3 Å². The Hall–Kier alpha value is -2.23. The average Bonchev–Trinajstić information content (AvgIpc) is 3.30. The number of halogens is 6. The SMILES string of the molecule is C=CCO[C@@H]1CN(Cc2scnc2C)[C@@H]2CCCO[C@@H]21.O=C(O)C(F)(F)F.O=C(O)C(F)(F)F. The van der Waals surface area contributed by atoms with Gasteiger partial charge in [-0.1, -0.05) is 6.08 Å². The highest BCUT2D eigenvalue weighted by molar-refractivity contribution is 7.09. The van der Waals surface area contributed by atoms with Crippen LogP contribution >= 0.6 is 11.3 Å². The van der Waals surface area contributed by atoms with Crippen LogP contribution in [0.5, 0.6) is 0 Å². The molecule has 8 nitrogen and oxygen atoms in total. The molecule has 0 aromatic carbocycles. The Labute approximate surface area is 194 Å². The highest BCUT2D eigenvalue weighted by atomic mass is 32.1. The molecule has 2 aliphatic heterocycles. The lowest BCUT2D eigenvalue weighted by Crippen LogP contribution is -2.41. The van der Waals surface area contributed by atoms with E-state index in [9.17, 15) is 26.3 Å². The number of aromatic nitrogens is 1. The molecule has 0 radical (unpaired) electrons. The number of rotatable bonds is 5. The zero-order chi connectivity index (χ0) is 26.1. The lowest BCUT2D eigenvalue weighted by molar-refractivity contribution is -0.193. The molecule has 194 valence electrons. The van der Waals surface area contributed by atoms with Gasteiger partial charge in [0.15, 0.2) is 0 Å². The van der Waals surface area contributed by atoms with Gasteiger partial charge in [-0.25, -0.2) is 14.6 Å². The van der Waals surface area contributed by atoms with E-state index in [0.29, 0.717) is 12.6 Å². The maximum absolute atomic E-state index is 10.6. The molecule has 0 spiro atoms. The number of likely N-dealkylation sites (tertiary alicyclic amines) is 1. The fraction of sp³-hybridized carbons (Fsp3) is 0.632. The van der Waals surface area contributed by atoms with Crippen molar-refractivity contribution in [3.8, 4) is 0 Å². The van der Waals surface area contributed by atoms with Gasteiger partial charge in [0.2, 0.25) is 0 Å². The highest BCUT2D eigenvalue weighted by Gasteiger charge is 2.44. The zero-order valence-corrected chi connectivity index (χ0v) is 18.8. The van der Waals surface area contributed by atoms with Crippen LogP contribution in [0.15, 0.2) is 18.2 Å². The maximum Gasteiger partial charge on any atom is 0.490 e. The van der Waals surface area contributed by atoms with Crippen LogP contribution in [0.4, 0.5) is 26.3 Å². The number of aryl methyl sites for hydroxylation is 1. The lowest BCUT2D eigenvalue weighted by atomic mass is 10.0. The van der Waals surface area contributed by atoms with Crippen LogP contribution in [0, 0.1) is 6.92 Å². The van der Waals surface area contributed by atoms with Crippen molar-refractivity contribution < 1.29 is 55.6 Å². The number of hydrogen-bond donors (Lipinski definition) is 2. The van der Waals surface area contributed by atoms with E-state index in [4.69, 9.17) is 29.3 Å². The number of nitrogens with zero attached hydrogens (tertiary/aromatic N) is 2. The topological polar surface area (TPSA) is 109 Å². The molecule has 15 heteroatoms. The number of ether oxygens (including phenoxy) is 2. The zero-order valence-electron chi connectivity index (χ0n) is 17.9. The van der Waals surface area contributed by atoms with E-state index < -0.39 is 24.3 Å². The molecule has 2 N–H and O–H groups in total. The van der Waals surface area contributed by atoms with Crippen LogP contribution < -0.4 is 0 Å². The number of aliphatic carboxylic acids is 2. The van der Waals surface area contributed by atoms with E-state index in [1.165, 1.54) is 11.3 Å². The number of hydrogen-bond acceptors (Lipinski definition) is 7. The molecule has 34 heavy (non-hydrogen) atoms. The largest absolute Gasteiger partial charge is 0.490 e. The number of carboxylic acids is 2. The van der Waals surface area contributed by atoms with Crippen LogP contribution in [0.2, 0.25) is 0 Å². The van der Waals surface area contributed by atoms with Crippen LogP contribution in [0.25, 0.3) is 0 Å². The molecule has 0 bridgehead atoms. The predicted octanol–water partition coefficient (Wildman–Crippen LogP) is 3.65. The fourth-order valence-corrected chi connectivity index (χ4v) is 3.99. The summed E-state index contributed by atoms with van der Waals surface area (Å²) in [6.07, 6.45) is -5.61. The Morgan fingerprint density at radius 1 is 1.26 bits per heavy atom. The quantitative estimate of drug-likeness (QED) is 0.446. The molecule has 0 aliphatic carbocycles. The van der Waals surface area contributed by atoms with Crippen LogP contribution in [-0.2, 0) is 25.6 Å². The van der Waals surface area contributed by atoms with Crippen molar-refractivity contribution in [1.82, 2.24) is 9.88 Å². The maximum atomic E-state index is 10.6. The molecule has 0 unspecified atom stereocenters. The Morgan fingerprint density at radius 2 is 1.82 bits per heavy atom. The second kappa shape index (κ2) is 13.0. The molecule has 3 rings (SSSR count). The molecular formula is C19H24F6N2O6S. The third-order valence-electron chi connectivity index (χ3n) is 4.69. The lowest BCUT2D eigenvalue weighted by Gasteiger charge is -2.32. The first-order valence-electron chi connectivity index (χ1n) is 9.75. The van der Waals surface area contributed by atoms with Gasteiger partial charge in [0.25, 0.3) is 0 Å². The first kappa shape index (κ1) is 29.8. The number of alkyl halides is 6. The van der Waals surface area contributed by atoms with E-state index in [1.54, 1.807) is 11.3 Å². The standard InChI is InChI=1S/C15H22N2O2S.2C2HF3O2/c1-3-6-18-13-8-17(9-14-11(2)16-10-20-14)12-5-4-7-19-15(12)13;2*3-2(4,5)1(6)7/h3,10,12-13,15H,1,4-9H2,2H3;2*(H,6,7)/t12-,13-,15+;;/m1../s1. The van der Waals surface area contributed by atoms with Crippen molar-refractivity contribution in [2.75, 3.05) is 19.8 Å². The summed E-state index contributed by atoms with van der Waals surface area (Å²) < 4.78 is 75.4. The van der Waals surface area contributed by atoms with Gasteiger partial charge in [-0.05, 0) is 19.8 Å². The highest BCUT2D eigenvalue weighted by Crippen LogP contribution is 2.32. The minimum absolute atomic E-state index is 0.173. The molecule has 0 saturated carbocycles. The van der Waals surface area contributed by atoms with Crippen LogP contribution in [0.3, 0.4) is 0 Å². The summed E-state index contributed by atoms with van der Waals surface area (Å²) in [5, 5.41) is 14.2. The van der Waals surface area contributed by atoms with Gasteiger partial charge in [0.1, 0.15) is 6.10 Å². The van der Waals surface area contributed by atoms with Crippen molar-refractivity contribution in [3.63, 3.8) is 0 Å². The summed E-state index contributed by atoms with van der Waals surface area (Å²) in [5.41, 5.74) is 3.08. The van der Waals surface area contributed by atoms with Crippen molar-refractivity contribution in [1.29, 1.82) is 0 Å². The summed E-state index contributed by atoms with van der Waals surface area (Å²) in [7, 11) is 0. The van der Waals surface area contributed by atoms with Gasteiger partial charge in [-0.2, -0.15) is 26.3 Å². The molecule has 1 aromatic rings. The van der Waals surface area contributed by atoms with E-state index in [2.05, 4.69) is 23.4 Å². The molecule has 3 atom stereocenters. The molecular weight excluding hydrogens is 498 g/mol. The molecule has 3 heterocycles. The van der Waals surface area contributed by atoms with Gasteiger partial charge in [-0.15, -0.1) is 17.9 Å². The smallest absolute Gasteiger partial charge is 0.475 e. The molecule has 2 aliphatic rings. The summed E-state index contributed by atoms with van der Waals surface area (Å²) in [4.78, 5) is 26.0. The minimum Gasteiger partial charge on any atom is -0.475 e. The minimum atomic E-state index is -5.08. The number of fused-ring (bicyclic) bond motifs is 1. The number of carbonyl (C=O) groups is 2. The average molecular weight is 522 g/mol. The van der Waals surface area contributed by atoms with Gasteiger partial charge in [-0.3, -0.25) is 4.90 Å². The monoisotopic (exact) mass is 522 g/mol. The van der Waals surface area contributed by atoms with Crippen LogP contribution in [0.1, 0.15) is 23.4 Å². The van der Waals surface area contributed by atoms with E-state index in [1.807, 2.05) is 11.6 Å². The van der Waals surface area contributed by atoms with Gasteiger partial charge < -0.3 is 19.7 Å². The Bertz CT molecular complexity index is 792. The molecule has 2 fully saturated rings. The second-order valence-electron chi connectivity index (χ2n) is 7.10. The van der Waals surface area contributed by atoms with Crippen LogP contribution in [-0.4, -0.2) is 82.4 Å². The Morgan fingerprint density at radius 3 is 2.26 bits per heavy atom. The van der Waals surface area contributed by atoms with E-state index in [-0.39, 0.29) is 12.2 Å². The summed E-state index contributed by atoms with van der Waals surface area (Å²) in [6, 6.07) is 0.486. The summed E-state index contributed by atoms with van der Waals surface area (Å²) in [6.45, 7) is 9.19. The third kappa shape index (κ3) is 9.56. The Kier molecular flexibility index (Phi) is 11.4. The van der Waals surface area contributed by atoms with Crippen molar-refractivity contribution in [3.05, 3.63) is 28.7 Å². The first-order valence-corrected chi connectivity index (χ1v) is 10.6. The summed E-state index contributed by atoms with van der Waals surface area (Å²) >= 11 is 1.74. The van der Waals surface area contributed by atoms with Gasteiger partial charge in [0.05, 0.1) is 23.9 Å². The fourth-order valence-electron chi connectivity index (χ4n) is 3.19. The predicted molar refractivity (Wildman–Crippen MR) is 107 cm³/mol. The number of carboxylic acid groups (broad SMARTS) is 2. The number of thiazole rings is 1. The Balaban J connectivity index is 0.000000343. The van der Waals surface area contributed by atoms with E-state index >= 15 is 0 Å².